The molecule has 1 aromatic carbocycles. The van der Waals surface area contributed by atoms with Crippen LogP contribution >= 0.6 is 0 Å². The van der Waals surface area contributed by atoms with E-state index in [1.165, 1.54) is 5.56 Å². The lowest BCUT2D eigenvalue weighted by Crippen LogP contribution is -2.34. The van der Waals surface area contributed by atoms with Crippen molar-refractivity contribution in [3.63, 3.8) is 0 Å². The van der Waals surface area contributed by atoms with Crippen molar-refractivity contribution in [1.29, 1.82) is 0 Å². The summed E-state index contributed by atoms with van der Waals surface area (Å²) in [6.45, 7) is 6.15. The predicted octanol–water partition coefficient (Wildman–Crippen LogP) is 2.79. The molecule has 5 heteroatoms. The van der Waals surface area contributed by atoms with Crippen molar-refractivity contribution >= 4 is 0 Å². The molecule has 2 aromatic rings. The molecule has 1 fully saturated rings. The first-order valence-corrected chi connectivity index (χ1v) is 8.83. The zero-order chi connectivity index (χ0) is 17.6. The van der Waals surface area contributed by atoms with Gasteiger partial charge >= 0.3 is 0 Å². The van der Waals surface area contributed by atoms with Crippen LogP contribution in [0.1, 0.15) is 29.3 Å². The molecule has 0 spiro atoms. The van der Waals surface area contributed by atoms with E-state index in [0.717, 1.165) is 55.4 Å². The molecule has 5 nitrogen and oxygen atoms in total. The van der Waals surface area contributed by atoms with Gasteiger partial charge in [-0.05, 0) is 49.7 Å². The van der Waals surface area contributed by atoms with Crippen LogP contribution in [0.25, 0.3) is 0 Å². The van der Waals surface area contributed by atoms with Gasteiger partial charge in [-0.2, -0.15) is 0 Å². The quantitative estimate of drug-likeness (QED) is 0.906. The third kappa shape index (κ3) is 3.94. The Balaban J connectivity index is 2.12. The van der Waals surface area contributed by atoms with Crippen LogP contribution in [0.5, 0.6) is 11.5 Å². The van der Waals surface area contributed by atoms with E-state index in [0.29, 0.717) is 0 Å². The number of nitrogens with one attached hydrogen (secondary N) is 1. The van der Waals surface area contributed by atoms with Crippen molar-refractivity contribution in [2.75, 3.05) is 40.4 Å². The van der Waals surface area contributed by atoms with Crippen molar-refractivity contribution in [1.82, 2.24) is 15.2 Å². The maximum absolute atomic E-state index is 5.68. The summed E-state index contributed by atoms with van der Waals surface area (Å²) in [5, 5.41) is 3.48. The fourth-order valence-corrected chi connectivity index (χ4v) is 3.48. The van der Waals surface area contributed by atoms with E-state index in [1.54, 1.807) is 14.2 Å². The summed E-state index contributed by atoms with van der Waals surface area (Å²) in [4.78, 5) is 7.23. The largest absolute Gasteiger partial charge is 0.497 e. The summed E-state index contributed by atoms with van der Waals surface area (Å²) < 4.78 is 11.2. The van der Waals surface area contributed by atoms with Gasteiger partial charge in [0, 0.05) is 31.4 Å². The molecule has 0 aliphatic carbocycles. The average Bonchev–Trinajstić information content (AvgIpc) is 2.93. The first-order valence-electron chi connectivity index (χ1n) is 8.83. The van der Waals surface area contributed by atoms with Crippen LogP contribution in [0.2, 0.25) is 0 Å². The van der Waals surface area contributed by atoms with Gasteiger partial charge in [0.15, 0.2) is 0 Å². The number of aromatic nitrogens is 1. The summed E-state index contributed by atoms with van der Waals surface area (Å²) >= 11 is 0. The van der Waals surface area contributed by atoms with Crippen LogP contribution < -0.4 is 14.8 Å². The van der Waals surface area contributed by atoms with E-state index in [4.69, 9.17) is 14.5 Å². The molecular weight excluding hydrogens is 314 g/mol. The lowest BCUT2D eigenvalue weighted by molar-refractivity contribution is 0.231. The Morgan fingerprint density at radius 3 is 2.76 bits per heavy atom. The molecule has 1 atom stereocenters. The predicted molar refractivity (Wildman–Crippen MR) is 99.4 cm³/mol. The monoisotopic (exact) mass is 341 g/mol. The average molecular weight is 341 g/mol. The van der Waals surface area contributed by atoms with Crippen molar-refractivity contribution in [2.24, 2.45) is 0 Å². The second kappa shape index (κ2) is 8.32. The van der Waals surface area contributed by atoms with Gasteiger partial charge in [0.25, 0.3) is 0 Å². The zero-order valence-electron chi connectivity index (χ0n) is 15.3. The van der Waals surface area contributed by atoms with Gasteiger partial charge in [0.2, 0.25) is 0 Å². The minimum Gasteiger partial charge on any atom is -0.497 e. The van der Waals surface area contributed by atoms with Gasteiger partial charge < -0.3 is 14.8 Å². The van der Waals surface area contributed by atoms with E-state index in [-0.39, 0.29) is 6.04 Å². The number of pyridine rings is 1. The third-order valence-corrected chi connectivity index (χ3v) is 4.78. The highest BCUT2D eigenvalue weighted by atomic mass is 16.5. The van der Waals surface area contributed by atoms with Crippen LogP contribution in [-0.2, 0) is 0 Å². The van der Waals surface area contributed by atoms with Crippen LogP contribution in [0.3, 0.4) is 0 Å². The highest BCUT2D eigenvalue weighted by Crippen LogP contribution is 2.37. The number of hydrogen-bond donors (Lipinski definition) is 1. The number of methoxy groups -OCH3 is 2. The molecular formula is C20H27N3O2. The fourth-order valence-electron chi connectivity index (χ4n) is 3.48. The standard InChI is InChI=1S/C20H27N3O2/c1-15-6-4-10-22-19(15)20(23-12-5-9-21-11-13-23)17-14-16(24-2)7-8-18(17)25-3/h4,6-8,10,14,20-21H,5,9,11-13H2,1-3H3. The van der Waals surface area contributed by atoms with Gasteiger partial charge in [-0.3, -0.25) is 9.88 Å². The Morgan fingerprint density at radius 1 is 1.12 bits per heavy atom. The molecule has 1 aliphatic heterocycles. The van der Waals surface area contributed by atoms with Crippen LogP contribution in [0.15, 0.2) is 36.5 Å². The maximum Gasteiger partial charge on any atom is 0.124 e. The molecule has 1 N–H and O–H groups in total. The van der Waals surface area contributed by atoms with Crippen LogP contribution in [0, 0.1) is 6.92 Å². The highest BCUT2D eigenvalue weighted by Gasteiger charge is 2.28. The van der Waals surface area contributed by atoms with Crippen LogP contribution in [-0.4, -0.2) is 50.3 Å². The van der Waals surface area contributed by atoms with E-state index >= 15 is 0 Å². The van der Waals surface area contributed by atoms with Gasteiger partial charge in [0.05, 0.1) is 26.0 Å². The van der Waals surface area contributed by atoms with E-state index in [2.05, 4.69) is 29.3 Å². The van der Waals surface area contributed by atoms with E-state index in [9.17, 15) is 0 Å². The summed E-state index contributed by atoms with van der Waals surface area (Å²) in [6.07, 6.45) is 2.99. The minimum atomic E-state index is 0.0474. The molecule has 1 unspecified atom stereocenters. The number of ether oxygens (including phenoxy) is 2. The fraction of sp³-hybridized carbons (Fsp3) is 0.450. The number of nitrogens with zero attached hydrogens (tertiary/aromatic N) is 2. The van der Waals surface area contributed by atoms with Crippen molar-refractivity contribution < 1.29 is 9.47 Å². The summed E-state index contributed by atoms with van der Waals surface area (Å²) in [6, 6.07) is 10.2. The molecule has 3 rings (SSSR count). The van der Waals surface area contributed by atoms with Crippen molar-refractivity contribution in [2.45, 2.75) is 19.4 Å². The Labute approximate surface area is 150 Å². The number of hydrogen-bond acceptors (Lipinski definition) is 5. The van der Waals surface area contributed by atoms with E-state index < -0.39 is 0 Å². The maximum atomic E-state index is 5.68. The molecule has 134 valence electrons. The Bertz CT molecular complexity index is 697. The first kappa shape index (κ1) is 17.7. The van der Waals surface area contributed by atoms with Crippen LogP contribution in [0.4, 0.5) is 0 Å². The molecule has 0 radical (unpaired) electrons. The second-order valence-electron chi connectivity index (χ2n) is 6.36. The summed E-state index contributed by atoms with van der Waals surface area (Å²) in [5.74, 6) is 1.70. The molecule has 2 heterocycles. The topological polar surface area (TPSA) is 46.6 Å². The molecule has 1 aromatic heterocycles. The van der Waals surface area contributed by atoms with E-state index in [1.807, 2.05) is 24.4 Å². The zero-order valence-corrected chi connectivity index (χ0v) is 15.3. The van der Waals surface area contributed by atoms with Crippen molar-refractivity contribution in [3.8, 4) is 11.5 Å². The lowest BCUT2D eigenvalue weighted by Gasteiger charge is -2.32. The van der Waals surface area contributed by atoms with Gasteiger partial charge in [-0.25, -0.2) is 0 Å². The second-order valence-corrected chi connectivity index (χ2v) is 6.36. The Morgan fingerprint density at radius 2 is 2.00 bits per heavy atom. The molecule has 0 bridgehead atoms. The normalized spacial score (nSPS) is 16.9. The van der Waals surface area contributed by atoms with Gasteiger partial charge in [-0.1, -0.05) is 6.07 Å². The van der Waals surface area contributed by atoms with Gasteiger partial charge in [0.1, 0.15) is 11.5 Å². The first-order chi connectivity index (χ1) is 12.2. The number of aryl methyl sites for hydroxylation is 1. The molecule has 1 saturated heterocycles. The Hall–Kier alpha value is -2.11. The third-order valence-electron chi connectivity index (χ3n) is 4.78. The number of rotatable bonds is 5. The molecule has 1 aliphatic rings. The SMILES string of the molecule is COc1ccc(OC)c(C(c2ncccc2C)N2CCCNCC2)c1. The van der Waals surface area contributed by atoms with Gasteiger partial charge in [-0.15, -0.1) is 0 Å². The molecule has 0 saturated carbocycles. The molecule has 0 amide bonds. The minimum absolute atomic E-state index is 0.0474. The summed E-state index contributed by atoms with van der Waals surface area (Å²) in [7, 11) is 3.42. The number of benzene rings is 1. The smallest absolute Gasteiger partial charge is 0.124 e. The lowest BCUT2D eigenvalue weighted by atomic mass is 9.96. The summed E-state index contributed by atoms with van der Waals surface area (Å²) in [5.41, 5.74) is 3.37. The Kier molecular flexibility index (Phi) is 5.89. The molecule has 25 heavy (non-hydrogen) atoms. The van der Waals surface area contributed by atoms with Crippen molar-refractivity contribution in [3.05, 3.63) is 53.3 Å². The highest BCUT2D eigenvalue weighted by molar-refractivity contribution is 5.46.